The molecule has 0 amide bonds. The molecule has 1 aromatic rings. The van der Waals surface area contributed by atoms with Crippen LogP contribution in [0, 0.1) is 5.82 Å². The second-order valence-corrected chi connectivity index (χ2v) is 2.58. The van der Waals surface area contributed by atoms with Crippen LogP contribution in [0.15, 0.2) is 18.2 Å². The van der Waals surface area contributed by atoms with E-state index >= 15 is 0 Å². The minimum absolute atomic E-state index is 0.419. The number of rotatable bonds is 2. The van der Waals surface area contributed by atoms with Crippen molar-refractivity contribution in [2.45, 2.75) is 6.18 Å². The van der Waals surface area contributed by atoms with E-state index in [0.717, 1.165) is 0 Å². The minimum atomic E-state index is -4.75. The zero-order valence-electron chi connectivity index (χ0n) is 7.12. The van der Waals surface area contributed by atoms with Gasteiger partial charge in [0.15, 0.2) is 0 Å². The van der Waals surface area contributed by atoms with Crippen LogP contribution >= 0.6 is 0 Å². The second kappa shape index (κ2) is 4.07. The molecule has 0 bridgehead atoms. The lowest BCUT2D eigenvalue weighted by Crippen LogP contribution is -2.22. The highest BCUT2D eigenvalue weighted by atomic mass is 19.4. The molecule has 0 radical (unpaired) electrons. The third-order valence-corrected chi connectivity index (χ3v) is 1.48. The predicted molar refractivity (Wildman–Crippen MR) is 42.2 cm³/mol. The fourth-order valence-corrected chi connectivity index (χ4v) is 0.941. The SMILES string of the molecule is OB(O)Oc1cc(F)ccc1C(F)(F)F. The first-order valence-corrected chi connectivity index (χ1v) is 3.70. The van der Waals surface area contributed by atoms with Crippen molar-refractivity contribution >= 4 is 7.32 Å². The molecule has 0 aliphatic heterocycles. The Morgan fingerprint density at radius 2 is 1.80 bits per heavy atom. The zero-order chi connectivity index (χ0) is 11.6. The van der Waals surface area contributed by atoms with Gasteiger partial charge in [-0.05, 0) is 12.1 Å². The summed E-state index contributed by atoms with van der Waals surface area (Å²) in [6, 6.07) is 1.47. The van der Waals surface area contributed by atoms with Crippen molar-refractivity contribution in [2.24, 2.45) is 0 Å². The van der Waals surface area contributed by atoms with Crippen molar-refractivity contribution in [3.8, 4) is 5.75 Å². The van der Waals surface area contributed by atoms with E-state index in [9.17, 15) is 17.6 Å². The molecule has 0 aliphatic carbocycles. The Labute approximate surface area is 82.1 Å². The number of hydrogen-bond donors (Lipinski definition) is 2. The highest BCUT2D eigenvalue weighted by molar-refractivity contribution is 6.33. The second-order valence-electron chi connectivity index (χ2n) is 2.58. The van der Waals surface area contributed by atoms with Crippen LogP contribution in [0.1, 0.15) is 5.56 Å². The molecule has 0 fully saturated rings. The van der Waals surface area contributed by atoms with Gasteiger partial charge in [0.25, 0.3) is 0 Å². The van der Waals surface area contributed by atoms with Gasteiger partial charge in [0.2, 0.25) is 0 Å². The monoisotopic (exact) mass is 224 g/mol. The highest BCUT2D eigenvalue weighted by Gasteiger charge is 2.35. The van der Waals surface area contributed by atoms with Crippen molar-refractivity contribution in [2.75, 3.05) is 0 Å². The molecule has 0 aliphatic rings. The first kappa shape index (κ1) is 11.8. The van der Waals surface area contributed by atoms with Crippen molar-refractivity contribution in [1.29, 1.82) is 0 Å². The molecule has 82 valence electrons. The molecule has 3 nitrogen and oxygen atoms in total. The van der Waals surface area contributed by atoms with Gasteiger partial charge in [0.1, 0.15) is 11.6 Å². The quantitative estimate of drug-likeness (QED) is 0.585. The molecule has 0 spiro atoms. The molecule has 1 rings (SSSR count). The van der Waals surface area contributed by atoms with Crippen LogP contribution < -0.4 is 4.65 Å². The summed E-state index contributed by atoms with van der Waals surface area (Å²) in [4.78, 5) is 0. The van der Waals surface area contributed by atoms with Crippen LogP contribution in [0.3, 0.4) is 0 Å². The van der Waals surface area contributed by atoms with Crippen molar-refractivity contribution in [3.63, 3.8) is 0 Å². The average Bonchev–Trinajstić information content (AvgIpc) is 1.99. The average molecular weight is 224 g/mol. The van der Waals surface area contributed by atoms with Crippen LogP contribution in [0.4, 0.5) is 17.6 Å². The molecular weight excluding hydrogens is 219 g/mol. The molecule has 0 aromatic heterocycles. The predicted octanol–water partition coefficient (Wildman–Crippen LogP) is 1.19. The largest absolute Gasteiger partial charge is 0.707 e. The molecule has 0 atom stereocenters. The molecule has 8 heteroatoms. The van der Waals surface area contributed by atoms with Gasteiger partial charge >= 0.3 is 13.5 Å². The number of hydrogen-bond acceptors (Lipinski definition) is 3. The molecule has 15 heavy (non-hydrogen) atoms. The molecule has 2 N–H and O–H groups in total. The molecule has 0 heterocycles. The highest BCUT2D eigenvalue weighted by Crippen LogP contribution is 2.36. The summed E-state index contributed by atoms with van der Waals surface area (Å²) in [5.41, 5.74) is -1.28. The van der Waals surface area contributed by atoms with Gasteiger partial charge in [-0.15, -0.1) is 0 Å². The topological polar surface area (TPSA) is 49.7 Å². The Balaban J connectivity index is 3.15. The normalized spacial score (nSPS) is 11.3. The summed E-state index contributed by atoms with van der Waals surface area (Å²) in [6.07, 6.45) is -4.75. The van der Waals surface area contributed by atoms with E-state index < -0.39 is 30.6 Å². The minimum Gasteiger partial charge on any atom is -0.511 e. The van der Waals surface area contributed by atoms with Gasteiger partial charge in [-0.1, -0.05) is 0 Å². The smallest absolute Gasteiger partial charge is 0.511 e. The van der Waals surface area contributed by atoms with E-state index in [-0.39, 0.29) is 0 Å². The van der Waals surface area contributed by atoms with Crippen LogP contribution in [-0.2, 0) is 6.18 Å². The maximum absolute atomic E-state index is 12.6. The van der Waals surface area contributed by atoms with E-state index in [4.69, 9.17) is 10.0 Å². The van der Waals surface area contributed by atoms with Gasteiger partial charge in [0.05, 0.1) is 5.56 Å². The number of benzene rings is 1. The van der Waals surface area contributed by atoms with Crippen LogP contribution in [-0.4, -0.2) is 17.4 Å². The van der Waals surface area contributed by atoms with E-state index in [2.05, 4.69) is 4.65 Å². The fraction of sp³-hybridized carbons (Fsp3) is 0.143. The summed E-state index contributed by atoms with van der Waals surface area (Å²) in [5.74, 6) is -1.95. The summed E-state index contributed by atoms with van der Waals surface area (Å²) >= 11 is 0. The summed E-state index contributed by atoms with van der Waals surface area (Å²) in [5, 5.41) is 16.7. The molecular formula is C7H5BF4O3. The van der Waals surface area contributed by atoms with E-state index in [1.807, 2.05) is 0 Å². The lowest BCUT2D eigenvalue weighted by atomic mass is 10.1. The first-order chi connectivity index (χ1) is 6.80. The molecule has 0 unspecified atom stereocenters. The third kappa shape index (κ3) is 3.10. The Morgan fingerprint density at radius 3 is 2.27 bits per heavy atom. The number of alkyl halides is 3. The van der Waals surface area contributed by atoms with E-state index in [1.54, 1.807) is 0 Å². The zero-order valence-corrected chi connectivity index (χ0v) is 7.12. The summed E-state index contributed by atoms with van der Waals surface area (Å²) in [7, 11) is -2.44. The summed E-state index contributed by atoms with van der Waals surface area (Å²) < 4.78 is 53.4. The molecule has 0 saturated carbocycles. The number of halogens is 4. The lowest BCUT2D eigenvalue weighted by molar-refractivity contribution is -0.138. The van der Waals surface area contributed by atoms with Gasteiger partial charge in [0, 0.05) is 6.07 Å². The third-order valence-electron chi connectivity index (χ3n) is 1.48. The Bertz CT molecular complexity index is 353. The van der Waals surface area contributed by atoms with Gasteiger partial charge < -0.3 is 14.7 Å². The molecule has 1 aromatic carbocycles. The van der Waals surface area contributed by atoms with Crippen LogP contribution in [0.5, 0.6) is 5.75 Å². The van der Waals surface area contributed by atoms with Crippen LogP contribution in [0.2, 0.25) is 0 Å². The van der Waals surface area contributed by atoms with Gasteiger partial charge in [-0.3, -0.25) is 0 Å². The first-order valence-electron chi connectivity index (χ1n) is 3.70. The van der Waals surface area contributed by atoms with Crippen molar-refractivity contribution in [3.05, 3.63) is 29.6 Å². The van der Waals surface area contributed by atoms with E-state index in [1.165, 1.54) is 0 Å². The van der Waals surface area contributed by atoms with Crippen LogP contribution in [0.25, 0.3) is 0 Å². The lowest BCUT2D eigenvalue weighted by Gasteiger charge is -2.13. The Hall–Kier alpha value is -1.28. The Kier molecular flexibility index (Phi) is 3.20. The fourth-order valence-electron chi connectivity index (χ4n) is 0.941. The van der Waals surface area contributed by atoms with Gasteiger partial charge in [-0.25, -0.2) is 4.39 Å². The summed E-state index contributed by atoms with van der Waals surface area (Å²) in [6.45, 7) is 0. The van der Waals surface area contributed by atoms with Gasteiger partial charge in [-0.2, -0.15) is 13.2 Å². The van der Waals surface area contributed by atoms with Crippen molar-refractivity contribution in [1.82, 2.24) is 0 Å². The molecule has 0 saturated heterocycles. The van der Waals surface area contributed by atoms with Crippen molar-refractivity contribution < 1.29 is 32.3 Å². The van der Waals surface area contributed by atoms with E-state index in [0.29, 0.717) is 18.2 Å². The standard InChI is InChI=1S/C7H5BF4O3/c9-4-1-2-5(7(10,11)12)6(3-4)15-8(13)14/h1-3,13-14H. The Morgan fingerprint density at radius 1 is 1.20 bits per heavy atom. The maximum Gasteiger partial charge on any atom is 0.707 e. The maximum atomic E-state index is 12.6.